The Balaban J connectivity index is 1.15. The van der Waals surface area contributed by atoms with Gasteiger partial charge in [0.2, 0.25) is 0 Å². The predicted octanol–water partition coefficient (Wildman–Crippen LogP) is 3.55. The fourth-order valence-electron chi connectivity index (χ4n) is 6.99. The van der Waals surface area contributed by atoms with Gasteiger partial charge in [-0.05, 0) is 87.0 Å². The molecule has 5 aliphatic rings. The number of nitrogens with zero attached hydrogens (tertiary/aromatic N) is 1. The summed E-state index contributed by atoms with van der Waals surface area (Å²) < 4.78 is 0. The summed E-state index contributed by atoms with van der Waals surface area (Å²) in [5.74, 6) is 2.29. The zero-order valence-corrected chi connectivity index (χ0v) is 16.7. The van der Waals surface area contributed by atoms with Crippen LogP contribution in [0.4, 0.5) is 0 Å². The maximum Gasteiger partial charge on any atom is 0.311 e. The van der Waals surface area contributed by atoms with Crippen molar-refractivity contribution in [1.82, 2.24) is 10.2 Å². The number of rotatable bonds is 3. The number of carbonyl (C=O) groups is 2. The van der Waals surface area contributed by atoms with E-state index in [2.05, 4.69) is 29.6 Å². The average Bonchev–Trinajstić information content (AvgIpc) is 2.67. The van der Waals surface area contributed by atoms with Crippen molar-refractivity contribution >= 4 is 11.8 Å². The van der Waals surface area contributed by atoms with E-state index in [4.69, 9.17) is 0 Å². The van der Waals surface area contributed by atoms with Gasteiger partial charge in [-0.25, -0.2) is 0 Å². The van der Waals surface area contributed by atoms with Crippen LogP contribution < -0.4 is 5.32 Å². The Morgan fingerprint density at radius 2 is 1.50 bits per heavy atom. The highest BCUT2D eigenvalue weighted by molar-refractivity contribution is 6.35. The molecule has 28 heavy (non-hydrogen) atoms. The summed E-state index contributed by atoms with van der Waals surface area (Å²) in [7, 11) is 0. The molecule has 150 valence electrons. The molecular formula is C24H32N2O2. The van der Waals surface area contributed by atoms with E-state index >= 15 is 0 Å². The smallest absolute Gasteiger partial charge is 0.311 e. The van der Waals surface area contributed by atoms with Gasteiger partial charge in [0.25, 0.3) is 0 Å². The molecule has 4 saturated carbocycles. The van der Waals surface area contributed by atoms with Crippen molar-refractivity contribution in [3.63, 3.8) is 0 Å². The molecule has 2 amide bonds. The van der Waals surface area contributed by atoms with Crippen LogP contribution in [-0.4, -0.2) is 35.3 Å². The van der Waals surface area contributed by atoms with Crippen molar-refractivity contribution in [3.05, 3.63) is 35.9 Å². The van der Waals surface area contributed by atoms with Gasteiger partial charge in [-0.2, -0.15) is 0 Å². The molecule has 1 saturated heterocycles. The molecule has 4 bridgehead atoms. The summed E-state index contributed by atoms with van der Waals surface area (Å²) in [4.78, 5) is 27.4. The normalized spacial score (nSPS) is 34.4. The molecule has 1 aromatic rings. The molecule has 4 aliphatic carbocycles. The summed E-state index contributed by atoms with van der Waals surface area (Å²) in [6.07, 6.45) is 10.4. The predicted molar refractivity (Wildman–Crippen MR) is 108 cm³/mol. The molecule has 1 N–H and O–H groups in total. The van der Waals surface area contributed by atoms with Gasteiger partial charge in [-0.3, -0.25) is 9.59 Å². The van der Waals surface area contributed by atoms with Gasteiger partial charge in [-0.15, -0.1) is 0 Å². The summed E-state index contributed by atoms with van der Waals surface area (Å²) in [5.41, 5.74) is 1.29. The largest absolute Gasteiger partial charge is 0.342 e. The van der Waals surface area contributed by atoms with Crippen molar-refractivity contribution < 1.29 is 9.59 Å². The number of carbonyl (C=O) groups excluding carboxylic acids is 2. The highest BCUT2D eigenvalue weighted by Gasteiger charge is 2.52. The average molecular weight is 381 g/mol. The standard InChI is InChI=1S/C24H32N2O2/c27-22(25-24-14-19-11-20(15-24)13-21(12-19)16-24)23(28)26-8-6-18(7-9-26)10-17-4-2-1-3-5-17/h1-5,18-21H,6-16H2,(H,25,27). The molecule has 0 radical (unpaired) electrons. The molecule has 0 aromatic heterocycles. The first-order chi connectivity index (χ1) is 13.6. The minimum Gasteiger partial charge on any atom is -0.342 e. The Bertz CT molecular complexity index is 701. The number of nitrogens with one attached hydrogen (secondary N) is 1. The lowest BCUT2D eigenvalue weighted by atomic mass is 9.53. The Kier molecular flexibility index (Phi) is 4.68. The third-order valence-electron chi connectivity index (χ3n) is 7.88. The first kappa shape index (κ1) is 18.2. The van der Waals surface area contributed by atoms with Crippen LogP contribution in [-0.2, 0) is 16.0 Å². The minimum atomic E-state index is -0.344. The highest BCUT2D eigenvalue weighted by Crippen LogP contribution is 2.55. The molecule has 1 heterocycles. The molecule has 5 fully saturated rings. The second kappa shape index (κ2) is 7.20. The zero-order valence-electron chi connectivity index (χ0n) is 16.7. The van der Waals surface area contributed by atoms with Crippen LogP contribution in [0.2, 0.25) is 0 Å². The van der Waals surface area contributed by atoms with E-state index in [-0.39, 0.29) is 17.4 Å². The fourth-order valence-corrected chi connectivity index (χ4v) is 6.99. The number of hydrogen-bond donors (Lipinski definition) is 1. The molecular weight excluding hydrogens is 348 g/mol. The van der Waals surface area contributed by atoms with E-state index in [1.165, 1.54) is 24.8 Å². The lowest BCUT2D eigenvalue weighted by Gasteiger charge is -2.56. The summed E-state index contributed by atoms with van der Waals surface area (Å²) in [6, 6.07) is 10.6. The van der Waals surface area contributed by atoms with Gasteiger partial charge in [0, 0.05) is 18.6 Å². The first-order valence-electron chi connectivity index (χ1n) is 11.2. The van der Waals surface area contributed by atoms with E-state index in [9.17, 15) is 9.59 Å². The third-order valence-corrected chi connectivity index (χ3v) is 7.88. The Morgan fingerprint density at radius 1 is 0.929 bits per heavy atom. The van der Waals surface area contributed by atoms with Gasteiger partial charge in [0.1, 0.15) is 0 Å². The van der Waals surface area contributed by atoms with Gasteiger partial charge >= 0.3 is 11.8 Å². The topological polar surface area (TPSA) is 49.4 Å². The summed E-state index contributed by atoms with van der Waals surface area (Å²) in [6.45, 7) is 1.43. The molecule has 1 aliphatic heterocycles. The molecule has 4 nitrogen and oxygen atoms in total. The lowest BCUT2D eigenvalue weighted by molar-refractivity contribution is -0.149. The second-order valence-corrected chi connectivity index (χ2v) is 10.1. The summed E-state index contributed by atoms with van der Waals surface area (Å²) in [5, 5.41) is 3.24. The first-order valence-corrected chi connectivity index (χ1v) is 11.2. The maximum atomic E-state index is 12.8. The number of hydrogen-bond acceptors (Lipinski definition) is 2. The summed E-state index contributed by atoms with van der Waals surface area (Å²) >= 11 is 0. The lowest BCUT2D eigenvalue weighted by Crippen LogP contribution is -2.62. The van der Waals surface area contributed by atoms with Gasteiger partial charge in [0.15, 0.2) is 0 Å². The molecule has 0 spiro atoms. The monoisotopic (exact) mass is 380 g/mol. The number of benzene rings is 1. The Morgan fingerprint density at radius 3 is 2.07 bits per heavy atom. The van der Waals surface area contributed by atoms with Crippen molar-refractivity contribution in [2.24, 2.45) is 23.7 Å². The van der Waals surface area contributed by atoms with Crippen LogP contribution in [0.15, 0.2) is 30.3 Å². The fraction of sp³-hybridized carbons (Fsp3) is 0.667. The molecule has 0 atom stereocenters. The van der Waals surface area contributed by atoms with E-state index < -0.39 is 0 Å². The molecule has 6 rings (SSSR count). The van der Waals surface area contributed by atoms with E-state index in [0.717, 1.165) is 56.3 Å². The quantitative estimate of drug-likeness (QED) is 0.815. The highest BCUT2D eigenvalue weighted by atomic mass is 16.2. The third kappa shape index (κ3) is 3.58. The number of amides is 2. The molecule has 0 unspecified atom stereocenters. The Labute approximate surface area is 168 Å². The van der Waals surface area contributed by atoms with Crippen molar-refractivity contribution in [2.45, 2.75) is 63.3 Å². The van der Waals surface area contributed by atoms with Crippen molar-refractivity contribution in [2.75, 3.05) is 13.1 Å². The maximum absolute atomic E-state index is 12.8. The molecule has 1 aromatic carbocycles. The SMILES string of the molecule is O=C(NC12CC3CC(CC(C3)C1)C2)C(=O)N1CCC(Cc2ccccc2)CC1. The van der Waals surface area contributed by atoms with E-state index in [1.54, 1.807) is 4.90 Å². The van der Waals surface area contributed by atoms with Gasteiger partial charge in [0.05, 0.1) is 0 Å². The van der Waals surface area contributed by atoms with Crippen LogP contribution in [0.25, 0.3) is 0 Å². The Hall–Kier alpha value is -1.84. The minimum absolute atomic E-state index is 0.0763. The molecule has 4 heteroatoms. The van der Waals surface area contributed by atoms with Crippen LogP contribution in [0.1, 0.15) is 56.9 Å². The van der Waals surface area contributed by atoms with E-state index in [0.29, 0.717) is 19.0 Å². The van der Waals surface area contributed by atoms with Crippen LogP contribution >= 0.6 is 0 Å². The van der Waals surface area contributed by atoms with Gasteiger partial charge < -0.3 is 10.2 Å². The van der Waals surface area contributed by atoms with Crippen molar-refractivity contribution in [3.8, 4) is 0 Å². The van der Waals surface area contributed by atoms with Crippen LogP contribution in [0, 0.1) is 23.7 Å². The van der Waals surface area contributed by atoms with Crippen LogP contribution in [0.5, 0.6) is 0 Å². The van der Waals surface area contributed by atoms with Gasteiger partial charge in [-0.1, -0.05) is 30.3 Å². The van der Waals surface area contributed by atoms with E-state index in [1.807, 2.05) is 6.07 Å². The second-order valence-electron chi connectivity index (χ2n) is 10.1. The van der Waals surface area contributed by atoms with Crippen molar-refractivity contribution in [1.29, 1.82) is 0 Å². The zero-order chi connectivity index (χ0) is 19.1. The van der Waals surface area contributed by atoms with Crippen LogP contribution in [0.3, 0.4) is 0 Å². The number of piperidine rings is 1. The number of likely N-dealkylation sites (tertiary alicyclic amines) is 1.